The summed E-state index contributed by atoms with van der Waals surface area (Å²) in [6.07, 6.45) is -0.954. The van der Waals surface area contributed by atoms with Gasteiger partial charge in [-0.15, -0.1) is 0 Å². The van der Waals surface area contributed by atoms with Gasteiger partial charge in [0.2, 0.25) is 0 Å². The van der Waals surface area contributed by atoms with E-state index in [9.17, 15) is 9.59 Å². The molecule has 0 heterocycles. The van der Waals surface area contributed by atoms with E-state index in [1.54, 1.807) is 24.3 Å². The molecule has 0 spiro atoms. The number of benzene rings is 2. The summed E-state index contributed by atoms with van der Waals surface area (Å²) in [6.45, 7) is 7.04. The molecule has 0 fully saturated rings. The first-order chi connectivity index (χ1) is 12.3. The lowest BCUT2D eigenvalue weighted by molar-refractivity contribution is -0.155. The van der Waals surface area contributed by atoms with Crippen molar-refractivity contribution >= 4 is 29.2 Å². The molecule has 0 aliphatic rings. The number of nitrogens with one attached hydrogen (secondary N) is 1. The molecule has 0 aromatic heterocycles. The molecule has 0 saturated carbocycles. The number of anilines is 1. The third-order valence-electron chi connectivity index (χ3n) is 3.97. The highest BCUT2D eigenvalue weighted by Crippen LogP contribution is 2.20. The van der Waals surface area contributed by atoms with Crippen LogP contribution in [0.5, 0.6) is 5.75 Å². The van der Waals surface area contributed by atoms with Crippen LogP contribution in [0.2, 0.25) is 5.02 Å². The molecule has 1 amide bonds. The first-order valence-electron chi connectivity index (χ1n) is 8.23. The van der Waals surface area contributed by atoms with Crippen molar-refractivity contribution in [2.24, 2.45) is 0 Å². The third kappa shape index (κ3) is 5.49. The minimum Gasteiger partial charge on any atom is -0.482 e. The Morgan fingerprint density at radius 2 is 1.73 bits per heavy atom. The van der Waals surface area contributed by atoms with Gasteiger partial charge in [0.25, 0.3) is 5.91 Å². The molecule has 0 aliphatic heterocycles. The first-order valence-corrected chi connectivity index (χ1v) is 8.60. The van der Waals surface area contributed by atoms with E-state index in [0.717, 1.165) is 16.7 Å². The molecule has 0 radical (unpaired) electrons. The lowest BCUT2D eigenvalue weighted by atomic mass is 10.1. The van der Waals surface area contributed by atoms with E-state index < -0.39 is 18.0 Å². The molecule has 6 heteroatoms. The first kappa shape index (κ1) is 19.8. The topological polar surface area (TPSA) is 64.6 Å². The molecule has 2 aromatic carbocycles. The fourth-order valence-electron chi connectivity index (χ4n) is 2.19. The average Bonchev–Trinajstić information content (AvgIpc) is 2.59. The quantitative estimate of drug-likeness (QED) is 0.768. The molecular formula is C20H22ClNO4. The van der Waals surface area contributed by atoms with Gasteiger partial charge in [-0.2, -0.15) is 0 Å². The van der Waals surface area contributed by atoms with Crippen molar-refractivity contribution in [1.82, 2.24) is 0 Å². The summed E-state index contributed by atoms with van der Waals surface area (Å²) in [7, 11) is 0. The van der Waals surface area contributed by atoms with Gasteiger partial charge in [-0.25, -0.2) is 4.79 Å². The van der Waals surface area contributed by atoms with Gasteiger partial charge >= 0.3 is 5.97 Å². The summed E-state index contributed by atoms with van der Waals surface area (Å²) in [5.41, 5.74) is 3.65. The van der Waals surface area contributed by atoms with Crippen LogP contribution in [0.15, 0.2) is 36.4 Å². The summed E-state index contributed by atoms with van der Waals surface area (Å²) in [5, 5.41) is 3.21. The predicted octanol–water partition coefficient (Wildman–Crippen LogP) is 4.21. The molecule has 1 N–H and O–H groups in total. The fourth-order valence-corrected chi connectivity index (χ4v) is 2.37. The van der Waals surface area contributed by atoms with Gasteiger partial charge in [0, 0.05) is 10.7 Å². The molecule has 0 unspecified atom stereocenters. The van der Waals surface area contributed by atoms with Crippen molar-refractivity contribution in [3.05, 3.63) is 58.1 Å². The van der Waals surface area contributed by atoms with Crippen LogP contribution >= 0.6 is 11.6 Å². The number of ether oxygens (including phenoxy) is 2. The standard InChI is InChI=1S/C20H22ClNO4/c1-12-6-8-17(9-14(12)3)25-11-19(23)26-15(4)20(24)22-18-10-16(21)7-5-13(18)2/h5-10,15H,11H2,1-4H3,(H,22,24)/t15-/m0/s1. The largest absolute Gasteiger partial charge is 0.482 e. The van der Waals surface area contributed by atoms with Crippen LogP contribution in [-0.2, 0) is 14.3 Å². The summed E-state index contributed by atoms with van der Waals surface area (Å²) < 4.78 is 10.5. The van der Waals surface area contributed by atoms with Crippen LogP contribution in [0.1, 0.15) is 23.6 Å². The molecule has 2 rings (SSSR count). The zero-order chi connectivity index (χ0) is 19.3. The number of rotatable bonds is 6. The summed E-state index contributed by atoms with van der Waals surface area (Å²) >= 11 is 5.93. The molecule has 2 aromatic rings. The molecule has 0 saturated heterocycles. The van der Waals surface area contributed by atoms with Gasteiger partial charge < -0.3 is 14.8 Å². The summed E-state index contributed by atoms with van der Waals surface area (Å²) in [4.78, 5) is 24.1. The Hall–Kier alpha value is -2.53. The van der Waals surface area contributed by atoms with Crippen molar-refractivity contribution in [3.63, 3.8) is 0 Å². The predicted molar refractivity (Wildman–Crippen MR) is 102 cm³/mol. The van der Waals surface area contributed by atoms with E-state index in [2.05, 4.69) is 5.32 Å². The molecular weight excluding hydrogens is 354 g/mol. The number of esters is 1. The molecule has 1 atom stereocenters. The number of halogens is 1. The number of amides is 1. The van der Waals surface area contributed by atoms with Gasteiger partial charge in [0.1, 0.15) is 5.75 Å². The van der Waals surface area contributed by atoms with Crippen LogP contribution < -0.4 is 10.1 Å². The normalized spacial score (nSPS) is 11.6. The minimum absolute atomic E-state index is 0.268. The molecule has 0 bridgehead atoms. The maximum Gasteiger partial charge on any atom is 0.344 e. The van der Waals surface area contributed by atoms with E-state index >= 15 is 0 Å². The maximum atomic E-state index is 12.2. The Labute approximate surface area is 158 Å². The maximum absolute atomic E-state index is 12.2. The van der Waals surface area contributed by atoms with Crippen molar-refractivity contribution < 1.29 is 19.1 Å². The smallest absolute Gasteiger partial charge is 0.344 e. The molecule has 0 aliphatic carbocycles. The zero-order valence-electron chi connectivity index (χ0n) is 15.3. The Kier molecular flexibility index (Phi) is 6.64. The Morgan fingerprint density at radius 1 is 1.04 bits per heavy atom. The van der Waals surface area contributed by atoms with Crippen LogP contribution in [0.3, 0.4) is 0 Å². The van der Waals surface area contributed by atoms with Crippen LogP contribution in [0.4, 0.5) is 5.69 Å². The van der Waals surface area contributed by atoms with Crippen LogP contribution in [-0.4, -0.2) is 24.6 Å². The number of hydrogen-bond acceptors (Lipinski definition) is 4. The fraction of sp³-hybridized carbons (Fsp3) is 0.300. The lowest BCUT2D eigenvalue weighted by Gasteiger charge is -2.15. The van der Waals surface area contributed by atoms with E-state index in [0.29, 0.717) is 16.5 Å². The SMILES string of the molecule is Cc1ccc(OCC(=O)O[C@@H](C)C(=O)Nc2cc(Cl)ccc2C)cc1C. The second-order valence-electron chi connectivity index (χ2n) is 6.12. The molecule has 5 nitrogen and oxygen atoms in total. The van der Waals surface area contributed by atoms with E-state index in [1.807, 2.05) is 32.9 Å². The molecule has 138 valence electrons. The summed E-state index contributed by atoms with van der Waals surface area (Å²) in [5.74, 6) is -0.472. The van der Waals surface area contributed by atoms with Gasteiger partial charge in [0.15, 0.2) is 12.7 Å². The van der Waals surface area contributed by atoms with Crippen LogP contribution in [0, 0.1) is 20.8 Å². The van der Waals surface area contributed by atoms with Crippen molar-refractivity contribution in [2.75, 3.05) is 11.9 Å². The average molecular weight is 376 g/mol. The highest BCUT2D eigenvalue weighted by atomic mass is 35.5. The van der Waals surface area contributed by atoms with Crippen LogP contribution in [0.25, 0.3) is 0 Å². The minimum atomic E-state index is -0.954. The van der Waals surface area contributed by atoms with E-state index in [-0.39, 0.29) is 6.61 Å². The zero-order valence-corrected chi connectivity index (χ0v) is 16.0. The highest BCUT2D eigenvalue weighted by molar-refractivity contribution is 6.31. The highest BCUT2D eigenvalue weighted by Gasteiger charge is 2.19. The number of hydrogen-bond donors (Lipinski definition) is 1. The van der Waals surface area contributed by atoms with Gasteiger partial charge in [-0.3, -0.25) is 4.79 Å². The van der Waals surface area contributed by atoms with Gasteiger partial charge in [0.05, 0.1) is 0 Å². The van der Waals surface area contributed by atoms with Crippen molar-refractivity contribution in [3.8, 4) is 5.75 Å². The number of carbonyl (C=O) groups is 2. The summed E-state index contributed by atoms with van der Waals surface area (Å²) in [6, 6.07) is 10.7. The van der Waals surface area contributed by atoms with Crippen molar-refractivity contribution in [1.29, 1.82) is 0 Å². The Balaban J connectivity index is 1.86. The number of carbonyl (C=O) groups excluding carboxylic acids is 2. The molecule has 26 heavy (non-hydrogen) atoms. The van der Waals surface area contributed by atoms with Crippen molar-refractivity contribution in [2.45, 2.75) is 33.8 Å². The monoisotopic (exact) mass is 375 g/mol. The second-order valence-corrected chi connectivity index (χ2v) is 6.55. The van der Waals surface area contributed by atoms with E-state index in [1.165, 1.54) is 6.92 Å². The second kappa shape index (κ2) is 8.72. The van der Waals surface area contributed by atoms with E-state index in [4.69, 9.17) is 21.1 Å². The Bertz CT molecular complexity index is 819. The van der Waals surface area contributed by atoms with Gasteiger partial charge in [-0.1, -0.05) is 23.7 Å². The van der Waals surface area contributed by atoms with Gasteiger partial charge in [-0.05, 0) is 68.7 Å². The number of aryl methyl sites for hydroxylation is 3. The third-order valence-corrected chi connectivity index (χ3v) is 4.21. The lowest BCUT2D eigenvalue weighted by Crippen LogP contribution is -2.31. The Morgan fingerprint density at radius 3 is 2.42 bits per heavy atom.